The molecule has 0 saturated carbocycles. The third kappa shape index (κ3) is 5.75. The van der Waals surface area contributed by atoms with Crippen LogP contribution in [0, 0.1) is 0 Å². The van der Waals surface area contributed by atoms with Crippen LogP contribution < -0.4 is 10.1 Å². The van der Waals surface area contributed by atoms with Crippen molar-refractivity contribution in [2.75, 3.05) is 26.4 Å². The molecule has 0 spiro atoms. The number of ether oxygens (including phenoxy) is 2. The minimum absolute atomic E-state index is 0.0124. The summed E-state index contributed by atoms with van der Waals surface area (Å²) in [5.74, 6) is 0.590. The molecule has 2 aromatic carbocycles. The van der Waals surface area contributed by atoms with Crippen molar-refractivity contribution in [1.29, 1.82) is 0 Å². The second-order valence-corrected chi connectivity index (χ2v) is 5.05. The van der Waals surface area contributed by atoms with Gasteiger partial charge in [0.2, 0.25) is 0 Å². The zero-order chi connectivity index (χ0) is 16.3. The van der Waals surface area contributed by atoms with Crippen LogP contribution in [0.5, 0.6) is 5.75 Å². The molecule has 0 atom stereocenters. The van der Waals surface area contributed by atoms with Crippen molar-refractivity contribution in [3.05, 3.63) is 54.6 Å². The van der Waals surface area contributed by atoms with E-state index in [2.05, 4.69) is 5.32 Å². The Balaban J connectivity index is 1.85. The molecule has 0 bridgehead atoms. The van der Waals surface area contributed by atoms with Gasteiger partial charge in [0.05, 0.1) is 0 Å². The summed E-state index contributed by atoms with van der Waals surface area (Å²) in [7, 11) is 0. The Morgan fingerprint density at radius 3 is 2.57 bits per heavy atom. The van der Waals surface area contributed by atoms with E-state index in [4.69, 9.17) is 9.47 Å². The van der Waals surface area contributed by atoms with Crippen LogP contribution in [0.3, 0.4) is 0 Å². The quantitative estimate of drug-likeness (QED) is 0.723. The van der Waals surface area contributed by atoms with E-state index in [0.29, 0.717) is 25.5 Å². The fourth-order valence-electron chi connectivity index (χ4n) is 2.19. The summed E-state index contributed by atoms with van der Waals surface area (Å²) >= 11 is 0. The van der Waals surface area contributed by atoms with Gasteiger partial charge in [0.15, 0.2) is 6.61 Å². The molecule has 1 N–H and O–H groups in total. The smallest absolute Gasteiger partial charge is 0.257 e. The number of nitrogens with one attached hydrogen (secondary N) is 1. The normalized spacial score (nSPS) is 10.3. The van der Waals surface area contributed by atoms with Crippen LogP contribution in [-0.2, 0) is 9.53 Å². The van der Waals surface area contributed by atoms with Gasteiger partial charge in [-0.25, -0.2) is 0 Å². The third-order valence-electron chi connectivity index (χ3n) is 3.32. The van der Waals surface area contributed by atoms with Crippen LogP contribution in [0.15, 0.2) is 54.6 Å². The molecule has 2 rings (SSSR count). The Hall–Kier alpha value is -2.33. The van der Waals surface area contributed by atoms with Gasteiger partial charge >= 0.3 is 0 Å². The molecule has 0 radical (unpaired) electrons. The maximum absolute atomic E-state index is 11.8. The van der Waals surface area contributed by atoms with Crippen LogP contribution >= 0.6 is 0 Å². The van der Waals surface area contributed by atoms with Crippen LogP contribution in [0.1, 0.15) is 13.3 Å². The summed E-state index contributed by atoms with van der Waals surface area (Å²) in [6.07, 6.45) is 0.806. The lowest BCUT2D eigenvalue weighted by Crippen LogP contribution is -2.30. The molecule has 23 heavy (non-hydrogen) atoms. The first-order valence-corrected chi connectivity index (χ1v) is 7.93. The lowest BCUT2D eigenvalue weighted by molar-refractivity contribution is -0.123. The number of carbonyl (C=O) groups excluding carboxylic acids is 1. The standard InChI is InChI=1S/C19H23NO3/c1-2-22-14-8-13-20-19(21)15-23-18-12-7-6-11-17(18)16-9-4-3-5-10-16/h3-7,9-12H,2,8,13-15H2,1H3,(H,20,21). The third-order valence-corrected chi connectivity index (χ3v) is 3.32. The van der Waals surface area contributed by atoms with Crippen LogP contribution in [-0.4, -0.2) is 32.3 Å². The van der Waals surface area contributed by atoms with Crippen molar-refractivity contribution >= 4 is 5.91 Å². The number of hydrogen-bond donors (Lipinski definition) is 1. The Morgan fingerprint density at radius 1 is 1.04 bits per heavy atom. The summed E-state index contributed by atoms with van der Waals surface area (Å²) in [6.45, 7) is 3.93. The number of amides is 1. The number of rotatable bonds is 9. The Bertz CT molecular complexity index is 599. The molecule has 0 aliphatic carbocycles. The fourth-order valence-corrected chi connectivity index (χ4v) is 2.19. The highest BCUT2D eigenvalue weighted by Gasteiger charge is 2.07. The molecule has 1 amide bonds. The highest BCUT2D eigenvalue weighted by atomic mass is 16.5. The van der Waals surface area contributed by atoms with Crippen molar-refractivity contribution < 1.29 is 14.3 Å². The van der Waals surface area contributed by atoms with E-state index in [1.165, 1.54) is 0 Å². The maximum Gasteiger partial charge on any atom is 0.257 e. The first-order chi connectivity index (χ1) is 11.3. The van der Waals surface area contributed by atoms with Crippen LogP contribution in [0.4, 0.5) is 0 Å². The van der Waals surface area contributed by atoms with Gasteiger partial charge in [-0.2, -0.15) is 0 Å². The van der Waals surface area contributed by atoms with Crippen molar-refractivity contribution in [3.8, 4) is 16.9 Å². The second kappa shape index (κ2) is 9.64. The molecular weight excluding hydrogens is 290 g/mol. The molecule has 4 nitrogen and oxygen atoms in total. The topological polar surface area (TPSA) is 47.6 Å². The van der Waals surface area contributed by atoms with Gasteiger partial charge in [-0.15, -0.1) is 0 Å². The molecule has 0 saturated heterocycles. The van der Waals surface area contributed by atoms with Gasteiger partial charge in [-0.3, -0.25) is 4.79 Å². The molecule has 0 heterocycles. The first-order valence-electron chi connectivity index (χ1n) is 7.93. The van der Waals surface area contributed by atoms with E-state index in [-0.39, 0.29) is 12.5 Å². The van der Waals surface area contributed by atoms with E-state index in [1.54, 1.807) is 0 Å². The summed E-state index contributed by atoms with van der Waals surface area (Å²) in [5, 5.41) is 2.83. The molecule has 0 unspecified atom stereocenters. The van der Waals surface area contributed by atoms with Crippen molar-refractivity contribution in [1.82, 2.24) is 5.32 Å². The molecule has 122 valence electrons. The largest absolute Gasteiger partial charge is 0.483 e. The average Bonchev–Trinajstić information content (AvgIpc) is 2.61. The van der Waals surface area contributed by atoms with E-state index in [9.17, 15) is 4.79 Å². The lowest BCUT2D eigenvalue weighted by Gasteiger charge is -2.12. The number of benzene rings is 2. The monoisotopic (exact) mass is 313 g/mol. The SMILES string of the molecule is CCOCCCNC(=O)COc1ccccc1-c1ccccc1. The zero-order valence-electron chi connectivity index (χ0n) is 13.5. The lowest BCUT2D eigenvalue weighted by atomic mass is 10.1. The van der Waals surface area contributed by atoms with E-state index in [1.807, 2.05) is 61.5 Å². The minimum atomic E-state index is -0.121. The molecule has 0 fully saturated rings. The van der Waals surface area contributed by atoms with Gasteiger partial charge in [-0.1, -0.05) is 48.5 Å². The predicted molar refractivity (Wildman–Crippen MR) is 91.5 cm³/mol. The van der Waals surface area contributed by atoms with Crippen LogP contribution in [0.25, 0.3) is 11.1 Å². The molecule has 0 aliphatic rings. The summed E-state index contributed by atoms with van der Waals surface area (Å²) in [4.78, 5) is 11.8. The van der Waals surface area contributed by atoms with E-state index >= 15 is 0 Å². The molecule has 4 heteroatoms. The average molecular weight is 313 g/mol. The highest BCUT2D eigenvalue weighted by molar-refractivity contribution is 5.78. The summed E-state index contributed by atoms with van der Waals surface area (Å²) in [6, 6.07) is 17.7. The van der Waals surface area contributed by atoms with Crippen molar-refractivity contribution in [3.63, 3.8) is 0 Å². The van der Waals surface area contributed by atoms with Gasteiger partial charge in [0.25, 0.3) is 5.91 Å². The molecule has 2 aromatic rings. The molecule has 0 aromatic heterocycles. The minimum Gasteiger partial charge on any atom is -0.483 e. The summed E-state index contributed by atoms with van der Waals surface area (Å²) < 4.78 is 10.9. The molecule has 0 aliphatic heterocycles. The number of para-hydroxylation sites is 1. The number of carbonyl (C=O) groups is 1. The van der Waals surface area contributed by atoms with E-state index in [0.717, 1.165) is 17.5 Å². The highest BCUT2D eigenvalue weighted by Crippen LogP contribution is 2.29. The first kappa shape index (κ1) is 17.0. The number of hydrogen-bond acceptors (Lipinski definition) is 3. The van der Waals surface area contributed by atoms with Gasteiger partial charge in [-0.05, 0) is 25.0 Å². The van der Waals surface area contributed by atoms with Gasteiger partial charge < -0.3 is 14.8 Å². The Labute approximate surface area is 137 Å². The van der Waals surface area contributed by atoms with Gasteiger partial charge in [0.1, 0.15) is 5.75 Å². The van der Waals surface area contributed by atoms with Crippen molar-refractivity contribution in [2.45, 2.75) is 13.3 Å². The van der Waals surface area contributed by atoms with Crippen LogP contribution in [0.2, 0.25) is 0 Å². The summed E-state index contributed by atoms with van der Waals surface area (Å²) in [5.41, 5.74) is 2.05. The van der Waals surface area contributed by atoms with Crippen molar-refractivity contribution in [2.24, 2.45) is 0 Å². The predicted octanol–water partition coefficient (Wildman–Crippen LogP) is 3.28. The fraction of sp³-hybridized carbons (Fsp3) is 0.316. The second-order valence-electron chi connectivity index (χ2n) is 5.05. The maximum atomic E-state index is 11.8. The molecular formula is C19H23NO3. The Kier molecular flexibility index (Phi) is 7.14. The van der Waals surface area contributed by atoms with E-state index < -0.39 is 0 Å². The van der Waals surface area contributed by atoms with Gasteiger partial charge in [0, 0.05) is 25.3 Å². The zero-order valence-corrected chi connectivity index (χ0v) is 13.5. The Morgan fingerprint density at radius 2 is 1.78 bits per heavy atom.